The summed E-state index contributed by atoms with van der Waals surface area (Å²) < 4.78 is 0. The van der Waals surface area contributed by atoms with Gasteiger partial charge in [-0.1, -0.05) is 0 Å². The standard InChI is InChI=1S/C15H19N3O2.ClH/c1-15(2)14(20)17-7-8-18(15)13(19)11-3-4-12-10(9-11)5-6-16-12;/h3-4,9,16H,5-8H2,1-2H3,(H,17,20);1H. The van der Waals surface area contributed by atoms with Gasteiger partial charge in [0.05, 0.1) is 0 Å². The number of fused-ring (bicyclic) bond motifs is 1. The Balaban J connectivity index is 0.00000161. The summed E-state index contributed by atoms with van der Waals surface area (Å²) in [6.45, 7) is 5.56. The zero-order chi connectivity index (χ0) is 14.3. The van der Waals surface area contributed by atoms with Gasteiger partial charge in [0.2, 0.25) is 5.91 Å². The summed E-state index contributed by atoms with van der Waals surface area (Å²) in [5.41, 5.74) is 2.15. The molecule has 6 heteroatoms. The van der Waals surface area contributed by atoms with Crippen molar-refractivity contribution in [1.82, 2.24) is 10.2 Å². The predicted molar refractivity (Wildman–Crippen MR) is 84.0 cm³/mol. The molecule has 5 nitrogen and oxygen atoms in total. The molecule has 0 unspecified atom stereocenters. The highest BCUT2D eigenvalue weighted by atomic mass is 35.5. The number of anilines is 1. The molecule has 21 heavy (non-hydrogen) atoms. The number of piperazine rings is 1. The highest BCUT2D eigenvalue weighted by molar-refractivity contribution is 6.00. The zero-order valence-corrected chi connectivity index (χ0v) is 13.0. The van der Waals surface area contributed by atoms with Crippen LogP contribution in [0, 0.1) is 0 Å². The topological polar surface area (TPSA) is 61.4 Å². The average Bonchev–Trinajstić information content (AvgIpc) is 2.88. The molecule has 0 atom stereocenters. The van der Waals surface area contributed by atoms with E-state index in [0.717, 1.165) is 18.7 Å². The van der Waals surface area contributed by atoms with E-state index < -0.39 is 5.54 Å². The summed E-state index contributed by atoms with van der Waals surface area (Å²) in [5, 5.41) is 6.09. The molecule has 2 aliphatic rings. The molecule has 0 saturated carbocycles. The van der Waals surface area contributed by atoms with Gasteiger partial charge in [-0.05, 0) is 44.0 Å². The van der Waals surface area contributed by atoms with Crippen molar-refractivity contribution in [3.8, 4) is 0 Å². The second-order valence-corrected chi connectivity index (χ2v) is 5.82. The maximum Gasteiger partial charge on any atom is 0.254 e. The summed E-state index contributed by atoms with van der Waals surface area (Å²) in [4.78, 5) is 26.3. The minimum absolute atomic E-state index is 0. The molecule has 0 aromatic heterocycles. The van der Waals surface area contributed by atoms with Crippen LogP contribution in [0.1, 0.15) is 29.8 Å². The molecule has 2 aliphatic heterocycles. The number of benzene rings is 1. The van der Waals surface area contributed by atoms with Crippen LogP contribution in [0.2, 0.25) is 0 Å². The van der Waals surface area contributed by atoms with Crippen LogP contribution in [-0.2, 0) is 11.2 Å². The molecule has 0 bridgehead atoms. The first kappa shape index (κ1) is 15.6. The number of amides is 2. The molecule has 2 amide bonds. The van der Waals surface area contributed by atoms with Crippen molar-refractivity contribution in [3.63, 3.8) is 0 Å². The van der Waals surface area contributed by atoms with E-state index in [0.29, 0.717) is 18.7 Å². The van der Waals surface area contributed by atoms with Gasteiger partial charge >= 0.3 is 0 Å². The number of nitrogens with zero attached hydrogens (tertiary/aromatic N) is 1. The fraction of sp³-hybridized carbons (Fsp3) is 0.467. The van der Waals surface area contributed by atoms with Crippen molar-refractivity contribution >= 4 is 29.9 Å². The number of carbonyl (C=O) groups excluding carboxylic acids is 2. The Morgan fingerprint density at radius 3 is 2.76 bits per heavy atom. The van der Waals surface area contributed by atoms with Crippen molar-refractivity contribution < 1.29 is 9.59 Å². The number of halogens is 1. The summed E-state index contributed by atoms with van der Waals surface area (Å²) in [6.07, 6.45) is 0.945. The van der Waals surface area contributed by atoms with Gasteiger partial charge in [0.15, 0.2) is 0 Å². The van der Waals surface area contributed by atoms with Gasteiger partial charge in [-0.15, -0.1) is 12.4 Å². The lowest BCUT2D eigenvalue weighted by Crippen LogP contribution is -2.63. The van der Waals surface area contributed by atoms with Gasteiger partial charge in [0.1, 0.15) is 5.54 Å². The van der Waals surface area contributed by atoms with Crippen LogP contribution < -0.4 is 10.6 Å². The first-order chi connectivity index (χ1) is 9.50. The predicted octanol–water partition coefficient (Wildman–Crippen LogP) is 1.43. The van der Waals surface area contributed by atoms with Crippen LogP contribution in [0.5, 0.6) is 0 Å². The molecule has 0 spiro atoms. The van der Waals surface area contributed by atoms with Crippen molar-refractivity contribution in [2.45, 2.75) is 25.8 Å². The fourth-order valence-corrected chi connectivity index (χ4v) is 2.85. The maximum absolute atomic E-state index is 12.7. The van der Waals surface area contributed by atoms with E-state index in [2.05, 4.69) is 10.6 Å². The van der Waals surface area contributed by atoms with Gasteiger partial charge in [0.25, 0.3) is 5.91 Å². The van der Waals surface area contributed by atoms with Crippen LogP contribution in [0.3, 0.4) is 0 Å². The highest BCUT2D eigenvalue weighted by Crippen LogP contribution is 2.26. The minimum Gasteiger partial charge on any atom is -0.384 e. The molecule has 0 radical (unpaired) electrons. The molecule has 2 N–H and O–H groups in total. The Hall–Kier alpha value is -1.75. The lowest BCUT2D eigenvalue weighted by molar-refractivity contribution is -0.133. The molecule has 1 saturated heterocycles. The van der Waals surface area contributed by atoms with Gasteiger partial charge in [0, 0.05) is 30.9 Å². The average molecular weight is 310 g/mol. The number of nitrogens with one attached hydrogen (secondary N) is 2. The van der Waals surface area contributed by atoms with E-state index in [1.165, 1.54) is 5.56 Å². The Morgan fingerprint density at radius 2 is 2.00 bits per heavy atom. The summed E-state index contributed by atoms with van der Waals surface area (Å²) in [7, 11) is 0. The first-order valence-electron chi connectivity index (χ1n) is 6.97. The van der Waals surface area contributed by atoms with Gasteiger partial charge in [-0.2, -0.15) is 0 Å². The molecular weight excluding hydrogens is 290 g/mol. The van der Waals surface area contributed by atoms with Gasteiger partial charge in [-0.3, -0.25) is 9.59 Å². The van der Waals surface area contributed by atoms with E-state index in [1.807, 2.05) is 18.2 Å². The van der Waals surface area contributed by atoms with Gasteiger partial charge < -0.3 is 15.5 Å². The normalized spacial score (nSPS) is 19.1. The number of hydrogen-bond donors (Lipinski definition) is 2. The minimum atomic E-state index is -0.799. The second kappa shape index (κ2) is 5.56. The van der Waals surface area contributed by atoms with Crippen molar-refractivity contribution in [1.29, 1.82) is 0 Å². The van der Waals surface area contributed by atoms with E-state index >= 15 is 0 Å². The Morgan fingerprint density at radius 1 is 1.24 bits per heavy atom. The molecule has 0 aliphatic carbocycles. The van der Waals surface area contributed by atoms with Crippen molar-refractivity contribution in [3.05, 3.63) is 29.3 Å². The van der Waals surface area contributed by atoms with Gasteiger partial charge in [-0.25, -0.2) is 0 Å². The Labute approximate surface area is 130 Å². The summed E-state index contributed by atoms with van der Waals surface area (Å²) in [5.74, 6) is -0.167. The van der Waals surface area contributed by atoms with E-state index in [9.17, 15) is 9.59 Å². The molecule has 2 heterocycles. The lowest BCUT2D eigenvalue weighted by atomic mass is 9.97. The zero-order valence-electron chi connectivity index (χ0n) is 12.2. The Bertz CT molecular complexity index is 586. The van der Waals surface area contributed by atoms with Crippen LogP contribution in [-0.4, -0.2) is 41.9 Å². The van der Waals surface area contributed by atoms with Crippen LogP contribution in [0.25, 0.3) is 0 Å². The molecule has 1 aromatic rings. The molecule has 3 rings (SSSR count). The number of carbonyl (C=O) groups is 2. The highest BCUT2D eigenvalue weighted by Gasteiger charge is 2.40. The molecule has 1 fully saturated rings. The van der Waals surface area contributed by atoms with Crippen molar-refractivity contribution in [2.24, 2.45) is 0 Å². The van der Waals surface area contributed by atoms with Crippen LogP contribution in [0.4, 0.5) is 5.69 Å². The SMILES string of the molecule is CC1(C)C(=O)NCCN1C(=O)c1ccc2c(c1)CCN2.Cl. The number of rotatable bonds is 1. The quantitative estimate of drug-likeness (QED) is 0.825. The van der Waals surface area contributed by atoms with Crippen molar-refractivity contribution in [2.75, 3.05) is 25.0 Å². The van der Waals surface area contributed by atoms with Crippen LogP contribution in [0.15, 0.2) is 18.2 Å². The lowest BCUT2D eigenvalue weighted by Gasteiger charge is -2.41. The largest absolute Gasteiger partial charge is 0.384 e. The summed E-state index contributed by atoms with van der Waals surface area (Å²) in [6, 6.07) is 5.73. The third-order valence-electron chi connectivity index (χ3n) is 4.16. The molecule has 114 valence electrons. The summed E-state index contributed by atoms with van der Waals surface area (Å²) >= 11 is 0. The van der Waals surface area contributed by atoms with E-state index in [4.69, 9.17) is 0 Å². The third-order valence-corrected chi connectivity index (χ3v) is 4.16. The van der Waals surface area contributed by atoms with E-state index in [-0.39, 0.29) is 24.2 Å². The maximum atomic E-state index is 12.7. The second-order valence-electron chi connectivity index (χ2n) is 5.82. The third kappa shape index (κ3) is 2.58. The molecule has 1 aromatic carbocycles. The number of hydrogen-bond acceptors (Lipinski definition) is 3. The first-order valence-corrected chi connectivity index (χ1v) is 6.97. The Kier molecular flexibility index (Phi) is 4.14. The monoisotopic (exact) mass is 309 g/mol. The smallest absolute Gasteiger partial charge is 0.254 e. The molecular formula is C15H20ClN3O2. The fourth-order valence-electron chi connectivity index (χ4n) is 2.85. The van der Waals surface area contributed by atoms with Crippen LogP contribution >= 0.6 is 12.4 Å². The van der Waals surface area contributed by atoms with E-state index in [1.54, 1.807) is 18.7 Å².